The number of carbonyl (C=O) groups is 1. The molecule has 3 N–H and O–H groups in total. The number of piperazine rings is 1. The van der Waals surface area contributed by atoms with Crippen molar-refractivity contribution in [3.63, 3.8) is 0 Å². The molecule has 0 aromatic carbocycles. The van der Waals surface area contributed by atoms with E-state index in [2.05, 4.69) is 36.0 Å². The lowest BCUT2D eigenvalue weighted by molar-refractivity contribution is -0.127. The van der Waals surface area contributed by atoms with E-state index in [1.165, 1.54) is 0 Å². The Morgan fingerprint density at radius 1 is 1.29 bits per heavy atom. The first-order valence-corrected chi connectivity index (χ1v) is 6.39. The van der Waals surface area contributed by atoms with Crippen molar-refractivity contribution in [1.82, 2.24) is 15.2 Å². The van der Waals surface area contributed by atoms with Gasteiger partial charge in [0.15, 0.2) is 0 Å². The van der Waals surface area contributed by atoms with E-state index in [4.69, 9.17) is 5.84 Å². The molecule has 1 heterocycles. The molecule has 0 saturated carbocycles. The Balaban J connectivity index is 2.53. The number of amides is 1. The van der Waals surface area contributed by atoms with Gasteiger partial charge in [-0.15, -0.1) is 0 Å². The van der Waals surface area contributed by atoms with Gasteiger partial charge >= 0.3 is 0 Å². The summed E-state index contributed by atoms with van der Waals surface area (Å²) in [7, 11) is 0. The van der Waals surface area contributed by atoms with Crippen LogP contribution in [-0.2, 0) is 4.79 Å². The van der Waals surface area contributed by atoms with E-state index < -0.39 is 0 Å². The summed E-state index contributed by atoms with van der Waals surface area (Å²) in [6.45, 7) is 12.6. The molecule has 1 unspecified atom stereocenters. The van der Waals surface area contributed by atoms with Gasteiger partial charge in [0.25, 0.3) is 5.91 Å². The summed E-state index contributed by atoms with van der Waals surface area (Å²) < 4.78 is 0. The molecule has 0 aromatic rings. The normalized spacial score (nSPS) is 21.2. The van der Waals surface area contributed by atoms with E-state index in [0.29, 0.717) is 0 Å². The molecule has 1 saturated heterocycles. The molecular formula is C12H26N4O. The number of rotatable bonds is 3. The van der Waals surface area contributed by atoms with E-state index in [-0.39, 0.29) is 17.5 Å². The fourth-order valence-corrected chi connectivity index (χ4v) is 2.41. The number of carbonyl (C=O) groups excluding carboxylic acids is 1. The lowest BCUT2D eigenvalue weighted by atomic mass is 10.0. The fraction of sp³-hybridized carbons (Fsp3) is 0.917. The third kappa shape index (κ3) is 3.66. The largest absolute Gasteiger partial charge is 0.296 e. The van der Waals surface area contributed by atoms with Crippen molar-refractivity contribution in [2.45, 2.75) is 45.7 Å². The number of nitrogens with one attached hydrogen (secondary N) is 1. The van der Waals surface area contributed by atoms with Crippen LogP contribution in [0, 0.1) is 0 Å². The molecule has 1 rings (SSSR count). The summed E-state index contributed by atoms with van der Waals surface area (Å²) in [5.74, 6) is 5.14. The Kier molecular flexibility index (Phi) is 4.91. The SMILES string of the molecule is CCC(C(=O)NN)N1CCN(C(C)(C)C)CC1. The maximum Gasteiger partial charge on any atom is 0.251 e. The second-order valence-electron chi connectivity index (χ2n) is 5.63. The van der Waals surface area contributed by atoms with Crippen LogP contribution in [0.1, 0.15) is 34.1 Å². The molecule has 1 atom stereocenters. The van der Waals surface area contributed by atoms with Gasteiger partial charge in [-0.3, -0.25) is 20.0 Å². The van der Waals surface area contributed by atoms with Crippen molar-refractivity contribution in [3.05, 3.63) is 0 Å². The summed E-state index contributed by atoms with van der Waals surface area (Å²) >= 11 is 0. The molecule has 1 aliphatic heterocycles. The second kappa shape index (κ2) is 5.80. The quantitative estimate of drug-likeness (QED) is 0.421. The average Bonchev–Trinajstić information content (AvgIpc) is 2.29. The van der Waals surface area contributed by atoms with Gasteiger partial charge in [0.1, 0.15) is 0 Å². The van der Waals surface area contributed by atoms with Gasteiger partial charge in [0.2, 0.25) is 0 Å². The van der Waals surface area contributed by atoms with Crippen LogP contribution in [0.25, 0.3) is 0 Å². The molecule has 100 valence electrons. The van der Waals surface area contributed by atoms with Crippen LogP contribution in [0.3, 0.4) is 0 Å². The van der Waals surface area contributed by atoms with E-state index in [0.717, 1.165) is 32.6 Å². The first-order chi connectivity index (χ1) is 7.90. The van der Waals surface area contributed by atoms with Crippen LogP contribution < -0.4 is 11.3 Å². The minimum Gasteiger partial charge on any atom is -0.296 e. The molecule has 1 amide bonds. The summed E-state index contributed by atoms with van der Waals surface area (Å²) in [5, 5.41) is 0. The van der Waals surface area contributed by atoms with Crippen LogP contribution in [0.2, 0.25) is 0 Å². The predicted molar refractivity (Wildman–Crippen MR) is 69.3 cm³/mol. The smallest absolute Gasteiger partial charge is 0.251 e. The first kappa shape index (κ1) is 14.4. The molecule has 0 bridgehead atoms. The van der Waals surface area contributed by atoms with Gasteiger partial charge < -0.3 is 0 Å². The molecule has 1 fully saturated rings. The molecule has 5 heteroatoms. The van der Waals surface area contributed by atoms with Gasteiger partial charge in [-0.1, -0.05) is 6.92 Å². The van der Waals surface area contributed by atoms with Crippen LogP contribution in [0.15, 0.2) is 0 Å². The minimum absolute atomic E-state index is 0.0725. The Morgan fingerprint density at radius 3 is 2.18 bits per heavy atom. The van der Waals surface area contributed by atoms with Crippen LogP contribution in [-0.4, -0.2) is 53.5 Å². The second-order valence-corrected chi connectivity index (χ2v) is 5.63. The third-order valence-corrected chi connectivity index (χ3v) is 3.54. The Morgan fingerprint density at radius 2 is 1.82 bits per heavy atom. The zero-order valence-electron chi connectivity index (χ0n) is 11.5. The standard InChI is InChI=1S/C12H26N4O/c1-5-10(11(17)14-13)15-6-8-16(9-7-15)12(2,3)4/h10H,5-9,13H2,1-4H3,(H,14,17). The zero-order valence-corrected chi connectivity index (χ0v) is 11.5. The highest BCUT2D eigenvalue weighted by atomic mass is 16.2. The van der Waals surface area contributed by atoms with Gasteiger partial charge in [0.05, 0.1) is 6.04 Å². The Labute approximate surface area is 104 Å². The fourth-order valence-electron chi connectivity index (χ4n) is 2.41. The molecule has 5 nitrogen and oxygen atoms in total. The van der Waals surface area contributed by atoms with Gasteiger partial charge in [-0.05, 0) is 27.2 Å². The van der Waals surface area contributed by atoms with Gasteiger partial charge in [0, 0.05) is 31.7 Å². The number of nitrogens with two attached hydrogens (primary N) is 1. The predicted octanol–water partition coefficient (Wildman–Crippen LogP) is 0.171. The monoisotopic (exact) mass is 242 g/mol. The van der Waals surface area contributed by atoms with Crippen molar-refractivity contribution in [3.8, 4) is 0 Å². The number of hydrogen-bond donors (Lipinski definition) is 2. The molecular weight excluding hydrogens is 216 g/mol. The molecule has 17 heavy (non-hydrogen) atoms. The highest BCUT2D eigenvalue weighted by Gasteiger charge is 2.30. The van der Waals surface area contributed by atoms with Crippen LogP contribution >= 0.6 is 0 Å². The van der Waals surface area contributed by atoms with E-state index in [1.807, 2.05) is 6.92 Å². The highest BCUT2D eigenvalue weighted by molar-refractivity contribution is 5.81. The van der Waals surface area contributed by atoms with Gasteiger partial charge in [-0.2, -0.15) is 0 Å². The molecule has 0 spiro atoms. The average molecular weight is 242 g/mol. The maximum absolute atomic E-state index is 11.6. The van der Waals surface area contributed by atoms with E-state index >= 15 is 0 Å². The lowest BCUT2D eigenvalue weighted by Gasteiger charge is -2.44. The van der Waals surface area contributed by atoms with Crippen molar-refractivity contribution in [2.75, 3.05) is 26.2 Å². The van der Waals surface area contributed by atoms with Gasteiger partial charge in [-0.25, -0.2) is 5.84 Å². The minimum atomic E-state index is -0.0814. The summed E-state index contributed by atoms with van der Waals surface area (Å²) in [6, 6.07) is -0.0814. The molecule has 0 aliphatic carbocycles. The van der Waals surface area contributed by atoms with E-state index in [1.54, 1.807) is 0 Å². The Hall–Kier alpha value is -0.650. The summed E-state index contributed by atoms with van der Waals surface area (Å²) in [4.78, 5) is 16.3. The van der Waals surface area contributed by atoms with Crippen LogP contribution in [0.4, 0.5) is 0 Å². The number of hydrogen-bond acceptors (Lipinski definition) is 4. The lowest BCUT2D eigenvalue weighted by Crippen LogP contribution is -2.58. The van der Waals surface area contributed by atoms with Crippen molar-refractivity contribution < 1.29 is 4.79 Å². The summed E-state index contributed by atoms with van der Waals surface area (Å²) in [6.07, 6.45) is 0.804. The van der Waals surface area contributed by atoms with Crippen molar-refractivity contribution >= 4 is 5.91 Å². The third-order valence-electron chi connectivity index (χ3n) is 3.54. The van der Waals surface area contributed by atoms with Crippen molar-refractivity contribution in [1.29, 1.82) is 0 Å². The first-order valence-electron chi connectivity index (χ1n) is 6.39. The van der Waals surface area contributed by atoms with E-state index in [9.17, 15) is 4.79 Å². The topological polar surface area (TPSA) is 61.6 Å². The summed E-state index contributed by atoms with van der Waals surface area (Å²) in [5.41, 5.74) is 2.47. The molecule has 0 radical (unpaired) electrons. The number of hydrazine groups is 1. The Bertz CT molecular complexity index is 254. The molecule has 1 aliphatic rings. The number of nitrogens with zero attached hydrogens (tertiary/aromatic N) is 2. The van der Waals surface area contributed by atoms with Crippen molar-refractivity contribution in [2.24, 2.45) is 5.84 Å². The molecule has 0 aromatic heterocycles. The maximum atomic E-state index is 11.6. The van der Waals surface area contributed by atoms with Crippen LogP contribution in [0.5, 0.6) is 0 Å². The zero-order chi connectivity index (χ0) is 13.1. The highest BCUT2D eigenvalue weighted by Crippen LogP contribution is 2.17.